The van der Waals surface area contributed by atoms with E-state index >= 15 is 0 Å². The highest BCUT2D eigenvalue weighted by atomic mass is 32.2. The van der Waals surface area contributed by atoms with E-state index in [1.54, 1.807) is 6.20 Å². The topological polar surface area (TPSA) is 47.3 Å². The zero-order valence-corrected chi connectivity index (χ0v) is 13.4. The van der Waals surface area contributed by atoms with Gasteiger partial charge >= 0.3 is 0 Å². The normalized spacial score (nSPS) is 17.8. The highest BCUT2D eigenvalue weighted by molar-refractivity contribution is 7.98. The minimum Gasteiger partial charge on any atom is -0.390 e. The van der Waals surface area contributed by atoms with Gasteiger partial charge in [-0.05, 0) is 25.0 Å². The number of hydrogen-bond acceptors (Lipinski definition) is 4. The van der Waals surface area contributed by atoms with Gasteiger partial charge in [0, 0.05) is 17.9 Å². The second-order valence-corrected chi connectivity index (χ2v) is 6.37. The van der Waals surface area contributed by atoms with Crippen LogP contribution in [0.15, 0.2) is 29.6 Å². The van der Waals surface area contributed by atoms with Crippen molar-refractivity contribution in [2.75, 3.05) is 6.61 Å². The molecular weight excluding hydrogens is 322 g/mol. The first-order valence-corrected chi connectivity index (χ1v) is 8.50. The Labute approximate surface area is 137 Å². The summed E-state index contributed by atoms with van der Waals surface area (Å²) in [5.74, 6) is -0.972. The predicted octanol–water partition coefficient (Wildman–Crippen LogP) is 3.12. The Morgan fingerprint density at radius 2 is 2.13 bits per heavy atom. The van der Waals surface area contributed by atoms with Gasteiger partial charge in [0.15, 0.2) is 5.16 Å². The van der Waals surface area contributed by atoms with Crippen molar-refractivity contribution < 1.29 is 18.6 Å². The Hall–Kier alpha value is -1.44. The summed E-state index contributed by atoms with van der Waals surface area (Å²) in [4.78, 5) is 4.27. The first-order valence-electron chi connectivity index (χ1n) is 7.51. The number of hydrogen-bond donors (Lipinski definition) is 1. The molecule has 2 heterocycles. The van der Waals surface area contributed by atoms with Crippen LogP contribution in [-0.2, 0) is 23.6 Å². The fourth-order valence-electron chi connectivity index (χ4n) is 2.63. The molecular formula is C16H18F2N2O2S. The molecule has 1 atom stereocenters. The molecule has 2 aromatic rings. The standard InChI is InChI=1S/C16H18F2N2O2S/c17-14-4-1-5-15(18)13(14)10-23-16-19-7-11(9-21)20(16)8-12-3-2-6-22-12/h1,4-5,7,12,21H,2-3,6,8-10H2/t12-/m0/s1. The van der Waals surface area contributed by atoms with Gasteiger partial charge in [-0.1, -0.05) is 17.8 Å². The number of benzene rings is 1. The monoisotopic (exact) mass is 340 g/mol. The summed E-state index contributed by atoms with van der Waals surface area (Å²) >= 11 is 1.25. The quantitative estimate of drug-likeness (QED) is 0.821. The third-order valence-electron chi connectivity index (χ3n) is 3.88. The Morgan fingerprint density at radius 1 is 1.35 bits per heavy atom. The van der Waals surface area contributed by atoms with Crippen molar-refractivity contribution in [3.05, 3.63) is 47.3 Å². The van der Waals surface area contributed by atoms with Crippen molar-refractivity contribution >= 4 is 11.8 Å². The van der Waals surface area contributed by atoms with Crippen LogP contribution in [0, 0.1) is 11.6 Å². The van der Waals surface area contributed by atoms with Crippen LogP contribution in [0.25, 0.3) is 0 Å². The highest BCUT2D eigenvalue weighted by Crippen LogP contribution is 2.27. The van der Waals surface area contributed by atoms with E-state index < -0.39 is 11.6 Å². The summed E-state index contributed by atoms with van der Waals surface area (Å²) in [7, 11) is 0. The lowest BCUT2D eigenvalue weighted by Gasteiger charge is -2.15. The third-order valence-corrected chi connectivity index (χ3v) is 4.90. The highest BCUT2D eigenvalue weighted by Gasteiger charge is 2.20. The molecule has 0 unspecified atom stereocenters. The smallest absolute Gasteiger partial charge is 0.168 e. The predicted molar refractivity (Wildman–Crippen MR) is 83.0 cm³/mol. The number of aromatic nitrogens is 2. The summed E-state index contributed by atoms with van der Waals surface area (Å²) < 4.78 is 34.9. The van der Waals surface area contributed by atoms with Gasteiger partial charge in [-0.25, -0.2) is 13.8 Å². The SMILES string of the molecule is OCc1cnc(SCc2c(F)cccc2F)n1C[C@@H]1CCCO1. The first-order chi connectivity index (χ1) is 11.2. The molecule has 1 aliphatic heterocycles. The van der Waals surface area contributed by atoms with Crippen LogP contribution in [0.4, 0.5) is 8.78 Å². The molecule has 1 N–H and O–H groups in total. The molecule has 1 aromatic carbocycles. The molecule has 3 rings (SSSR count). The number of halogens is 2. The van der Waals surface area contributed by atoms with E-state index in [1.807, 2.05) is 4.57 Å². The zero-order chi connectivity index (χ0) is 16.2. The Balaban J connectivity index is 1.75. The van der Waals surface area contributed by atoms with E-state index in [0.29, 0.717) is 17.4 Å². The number of nitrogens with zero attached hydrogens (tertiary/aromatic N) is 2. The summed E-state index contributed by atoms with van der Waals surface area (Å²) in [6.45, 7) is 1.21. The lowest BCUT2D eigenvalue weighted by molar-refractivity contribution is 0.0930. The minimum absolute atomic E-state index is 0.0368. The molecule has 1 aliphatic rings. The first kappa shape index (κ1) is 16.4. The van der Waals surface area contributed by atoms with Crippen LogP contribution in [-0.4, -0.2) is 27.4 Å². The van der Waals surface area contributed by atoms with Gasteiger partial charge in [-0.2, -0.15) is 0 Å². The molecule has 124 valence electrons. The second kappa shape index (κ2) is 7.42. The fourth-order valence-corrected chi connectivity index (χ4v) is 3.65. The van der Waals surface area contributed by atoms with Crippen molar-refractivity contribution in [1.82, 2.24) is 9.55 Å². The van der Waals surface area contributed by atoms with Crippen LogP contribution < -0.4 is 0 Å². The Kier molecular flexibility index (Phi) is 5.30. The maximum Gasteiger partial charge on any atom is 0.168 e. The number of imidazole rings is 1. The average Bonchev–Trinajstić information content (AvgIpc) is 3.17. The largest absolute Gasteiger partial charge is 0.390 e. The molecule has 0 saturated carbocycles. The summed E-state index contributed by atoms with van der Waals surface area (Å²) in [5, 5.41) is 10.1. The molecule has 1 fully saturated rings. The maximum atomic E-state index is 13.7. The zero-order valence-electron chi connectivity index (χ0n) is 12.5. The second-order valence-electron chi connectivity index (χ2n) is 5.42. The molecule has 1 saturated heterocycles. The maximum absolute atomic E-state index is 13.7. The number of aliphatic hydroxyl groups excluding tert-OH is 1. The minimum atomic E-state index is -0.558. The fraction of sp³-hybridized carbons (Fsp3) is 0.438. The van der Waals surface area contributed by atoms with Crippen LogP contribution >= 0.6 is 11.8 Å². The van der Waals surface area contributed by atoms with Crippen LogP contribution in [0.2, 0.25) is 0 Å². The van der Waals surface area contributed by atoms with Crippen molar-refractivity contribution in [1.29, 1.82) is 0 Å². The Morgan fingerprint density at radius 3 is 2.78 bits per heavy atom. The van der Waals surface area contributed by atoms with Gasteiger partial charge in [-0.15, -0.1) is 0 Å². The van der Waals surface area contributed by atoms with E-state index in [1.165, 1.54) is 30.0 Å². The molecule has 0 radical (unpaired) electrons. The van der Waals surface area contributed by atoms with Crippen molar-refractivity contribution in [3.63, 3.8) is 0 Å². The number of aliphatic hydroxyl groups is 1. The van der Waals surface area contributed by atoms with Gasteiger partial charge < -0.3 is 14.4 Å². The summed E-state index contributed by atoms with van der Waals surface area (Å²) in [6.07, 6.45) is 3.68. The lowest BCUT2D eigenvalue weighted by Crippen LogP contribution is -2.17. The van der Waals surface area contributed by atoms with Gasteiger partial charge in [0.2, 0.25) is 0 Å². The summed E-state index contributed by atoms with van der Waals surface area (Å²) in [6, 6.07) is 3.84. The van der Waals surface area contributed by atoms with E-state index in [4.69, 9.17) is 4.74 Å². The van der Waals surface area contributed by atoms with E-state index in [-0.39, 0.29) is 24.0 Å². The van der Waals surface area contributed by atoms with Gasteiger partial charge in [0.1, 0.15) is 11.6 Å². The molecule has 0 spiro atoms. The molecule has 7 heteroatoms. The van der Waals surface area contributed by atoms with Crippen molar-refractivity contribution in [2.45, 2.75) is 43.0 Å². The van der Waals surface area contributed by atoms with Crippen LogP contribution in [0.5, 0.6) is 0 Å². The molecule has 0 bridgehead atoms. The van der Waals surface area contributed by atoms with Gasteiger partial charge in [-0.3, -0.25) is 0 Å². The number of ether oxygens (including phenoxy) is 1. The summed E-state index contributed by atoms with van der Waals surface area (Å²) in [5.41, 5.74) is 0.715. The molecule has 23 heavy (non-hydrogen) atoms. The lowest BCUT2D eigenvalue weighted by atomic mass is 10.2. The van der Waals surface area contributed by atoms with Crippen LogP contribution in [0.1, 0.15) is 24.1 Å². The molecule has 0 aliphatic carbocycles. The van der Waals surface area contributed by atoms with Crippen molar-refractivity contribution in [3.8, 4) is 0 Å². The molecule has 1 aromatic heterocycles. The average molecular weight is 340 g/mol. The van der Waals surface area contributed by atoms with E-state index in [2.05, 4.69) is 4.98 Å². The number of rotatable bonds is 6. The Bertz CT molecular complexity index is 652. The van der Waals surface area contributed by atoms with E-state index in [9.17, 15) is 13.9 Å². The van der Waals surface area contributed by atoms with Gasteiger partial charge in [0.05, 0.1) is 31.1 Å². The van der Waals surface area contributed by atoms with Gasteiger partial charge in [0.25, 0.3) is 0 Å². The van der Waals surface area contributed by atoms with Crippen molar-refractivity contribution in [2.24, 2.45) is 0 Å². The molecule has 0 amide bonds. The third kappa shape index (κ3) is 3.73. The number of thioether (sulfide) groups is 1. The van der Waals surface area contributed by atoms with Crippen LogP contribution in [0.3, 0.4) is 0 Å². The molecule has 4 nitrogen and oxygen atoms in total. The van der Waals surface area contributed by atoms with E-state index in [0.717, 1.165) is 19.4 Å².